The van der Waals surface area contributed by atoms with Crippen molar-refractivity contribution in [1.29, 1.82) is 0 Å². The SMILES string of the molecule is O=C1C=CN([C@H](c2ccccc2)[C@H](O)c2ccccc2)C(c2cccnn2)N1. The summed E-state index contributed by atoms with van der Waals surface area (Å²) in [5.74, 6) is -0.215. The molecule has 3 aromatic rings. The lowest BCUT2D eigenvalue weighted by Crippen LogP contribution is -2.45. The monoisotopic (exact) mass is 372 g/mol. The molecule has 2 heterocycles. The quantitative estimate of drug-likeness (QED) is 0.720. The van der Waals surface area contributed by atoms with Gasteiger partial charge in [-0.05, 0) is 23.3 Å². The van der Waals surface area contributed by atoms with Crippen LogP contribution in [0.4, 0.5) is 0 Å². The highest BCUT2D eigenvalue weighted by molar-refractivity contribution is 5.88. The van der Waals surface area contributed by atoms with E-state index in [0.717, 1.165) is 11.1 Å². The van der Waals surface area contributed by atoms with Gasteiger partial charge in [-0.25, -0.2) is 0 Å². The molecule has 1 aliphatic heterocycles. The second-order valence-electron chi connectivity index (χ2n) is 6.53. The molecular weight excluding hydrogens is 352 g/mol. The fraction of sp³-hybridized carbons (Fsp3) is 0.136. The Morgan fingerprint density at radius 3 is 2.25 bits per heavy atom. The van der Waals surface area contributed by atoms with Crippen molar-refractivity contribution in [3.8, 4) is 0 Å². The third kappa shape index (κ3) is 3.63. The highest BCUT2D eigenvalue weighted by atomic mass is 16.3. The smallest absolute Gasteiger partial charge is 0.247 e. The predicted molar refractivity (Wildman–Crippen MR) is 104 cm³/mol. The molecule has 2 aromatic carbocycles. The summed E-state index contributed by atoms with van der Waals surface area (Å²) in [4.78, 5) is 14.0. The van der Waals surface area contributed by atoms with Crippen LogP contribution in [0.15, 0.2) is 91.3 Å². The number of nitrogens with one attached hydrogen (secondary N) is 1. The molecule has 6 nitrogen and oxygen atoms in total. The van der Waals surface area contributed by atoms with Gasteiger partial charge in [-0.2, -0.15) is 10.2 Å². The maximum absolute atomic E-state index is 12.1. The minimum atomic E-state index is -0.817. The summed E-state index contributed by atoms with van der Waals surface area (Å²) >= 11 is 0. The van der Waals surface area contributed by atoms with Gasteiger partial charge in [0.15, 0.2) is 0 Å². The second-order valence-corrected chi connectivity index (χ2v) is 6.53. The zero-order valence-corrected chi connectivity index (χ0v) is 15.1. The Balaban J connectivity index is 1.80. The third-order valence-corrected chi connectivity index (χ3v) is 4.75. The van der Waals surface area contributed by atoms with E-state index in [0.29, 0.717) is 5.69 Å². The van der Waals surface area contributed by atoms with Crippen molar-refractivity contribution in [2.75, 3.05) is 0 Å². The fourth-order valence-corrected chi connectivity index (χ4v) is 3.44. The molecule has 0 fully saturated rings. The van der Waals surface area contributed by atoms with Crippen LogP contribution in [0, 0.1) is 0 Å². The van der Waals surface area contributed by atoms with Crippen molar-refractivity contribution in [1.82, 2.24) is 20.4 Å². The van der Waals surface area contributed by atoms with Gasteiger partial charge < -0.3 is 15.3 Å². The van der Waals surface area contributed by atoms with Gasteiger partial charge in [0.1, 0.15) is 18.0 Å². The number of nitrogens with zero attached hydrogens (tertiary/aromatic N) is 3. The fourth-order valence-electron chi connectivity index (χ4n) is 3.44. The molecule has 0 saturated heterocycles. The molecule has 1 aliphatic rings. The van der Waals surface area contributed by atoms with Gasteiger partial charge in [-0.15, -0.1) is 0 Å². The lowest BCUT2D eigenvalue weighted by molar-refractivity contribution is -0.120. The van der Waals surface area contributed by atoms with E-state index in [9.17, 15) is 9.90 Å². The van der Waals surface area contributed by atoms with Gasteiger partial charge in [0.2, 0.25) is 5.91 Å². The number of hydrogen-bond acceptors (Lipinski definition) is 5. The zero-order chi connectivity index (χ0) is 19.3. The number of aromatic nitrogens is 2. The molecular formula is C22H20N4O2. The maximum Gasteiger partial charge on any atom is 0.247 e. The van der Waals surface area contributed by atoms with Crippen LogP contribution in [0.1, 0.15) is 35.1 Å². The number of amides is 1. The minimum Gasteiger partial charge on any atom is -0.386 e. The number of carbonyl (C=O) groups is 1. The van der Waals surface area contributed by atoms with E-state index in [1.807, 2.05) is 65.6 Å². The lowest BCUT2D eigenvalue weighted by atomic mass is 9.93. The number of aliphatic hydroxyl groups excluding tert-OH is 1. The summed E-state index contributed by atoms with van der Waals surface area (Å²) in [7, 11) is 0. The second kappa shape index (κ2) is 8.02. The van der Waals surface area contributed by atoms with E-state index >= 15 is 0 Å². The van der Waals surface area contributed by atoms with Crippen LogP contribution in [0.5, 0.6) is 0 Å². The molecule has 1 unspecified atom stereocenters. The molecule has 1 amide bonds. The van der Waals surface area contributed by atoms with E-state index in [2.05, 4.69) is 15.5 Å². The molecule has 6 heteroatoms. The van der Waals surface area contributed by atoms with Crippen LogP contribution >= 0.6 is 0 Å². The summed E-state index contributed by atoms with van der Waals surface area (Å²) in [5.41, 5.74) is 2.31. The minimum absolute atomic E-state index is 0.215. The van der Waals surface area contributed by atoms with Crippen molar-refractivity contribution in [2.45, 2.75) is 18.3 Å². The molecule has 2 N–H and O–H groups in total. The number of aliphatic hydroxyl groups is 1. The summed E-state index contributed by atoms with van der Waals surface area (Å²) in [6, 6.07) is 22.4. The van der Waals surface area contributed by atoms with Crippen LogP contribution < -0.4 is 5.32 Å². The van der Waals surface area contributed by atoms with Crippen molar-refractivity contribution in [3.63, 3.8) is 0 Å². The largest absolute Gasteiger partial charge is 0.386 e. The van der Waals surface area contributed by atoms with E-state index in [-0.39, 0.29) is 5.91 Å². The zero-order valence-electron chi connectivity index (χ0n) is 15.1. The van der Waals surface area contributed by atoms with Gasteiger partial charge in [-0.3, -0.25) is 4.79 Å². The predicted octanol–water partition coefficient (Wildman–Crippen LogP) is 2.90. The Labute approximate surface area is 163 Å². The molecule has 0 saturated carbocycles. The topological polar surface area (TPSA) is 78.4 Å². The summed E-state index contributed by atoms with van der Waals surface area (Å²) < 4.78 is 0. The summed E-state index contributed by atoms with van der Waals surface area (Å²) in [6.45, 7) is 0. The molecule has 0 radical (unpaired) electrons. The van der Waals surface area contributed by atoms with Crippen molar-refractivity contribution < 1.29 is 9.90 Å². The van der Waals surface area contributed by atoms with Gasteiger partial charge in [0.05, 0.1) is 6.04 Å². The summed E-state index contributed by atoms with van der Waals surface area (Å²) in [6.07, 6.45) is 3.39. The van der Waals surface area contributed by atoms with Crippen LogP contribution in [0.3, 0.4) is 0 Å². The Bertz CT molecular complexity index is 948. The van der Waals surface area contributed by atoms with E-state index in [1.54, 1.807) is 24.5 Å². The number of carbonyl (C=O) groups excluding carboxylic acids is 1. The van der Waals surface area contributed by atoms with Gasteiger partial charge in [0, 0.05) is 18.5 Å². The van der Waals surface area contributed by atoms with Crippen molar-refractivity contribution in [3.05, 3.63) is 108 Å². The van der Waals surface area contributed by atoms with Gasteiger partial charge >= 0.3 is 0 Å². The lowest BCUT2D eigenvalue weighted by Gasteiger charge is -2.41. The first kappa shape index (κ1) is 17.9. The first-order chi connectivity index (χ1) is 13.7. The number of rotatable bonds is 5. The van der Waals surface area contributed by atoms with Crippen molar-refractivity contribution >= 4 is 5.91 Å². The number of hydrogen-bond donors (Lipinski definition) is 2. The third-order valence-electron chi connectivity index (χ3n) is 4.75. The van der Waals surface area contributed by atoms with Crippen LogP contribution in [-0.2, 0) is 4.79 Å². The van der Waals surface area contributed by atoms with Gasteiger partial charge in [-0.1, -0.05) is 60.7 Å². The van der Waals surface area contributed by atoms with E-state index < -0.39 is 18.3 Å². The normalized spacial score (nSPS) is 18.4. The molecule has 0 spiro atoms. The standard InChI is InChI=1S/C22H20N4O2/c27-19-13-15-26(22(24-19)18-12-7-14-23-25-18)20(16-8-3-1-4-9-16)21(28)17-10-5-2-6-11-17/h1-15,20-22,28H,(H,24,27)/t20-,21-,22?/m1/s1. The molecule has 1 aromatic heterocycles. The Morgan fingerprint density at radius 2 is 1.61 bits per heavy atom. The first-order valence-corrected chi connectivity index (χ1v) is 9.06. The number of benzene rings is 2. The maximum atomic E-state index is 12.1. The van der Waals surface area contributed by atoms with Gasteiger partial charge in [0.25, 0.3) is 0 Å². The molecule has 0 aliphatic carbocycles. The Morgan fingerprint density at radius 1 is 0.929 bits per heavy atom. The van der Waals surface area contributed by atoms with Crippen molar-refractivity contribution in [2.24, 2.45) is 0 Å². The molecule has 3 atom stereocenters. The average Bonchev–Trinajstić information content (AvgIpc) is 2.77. The highest BCUT2D eigenvalue weighted by Crippen LogP contribution is 2.39. The van der Waals surface area contributed by atoms with Crippen LogP contribution in [0.25, 0.3) is 0 Å². The van der Waals surface area contributed by atoms with E-state index in [1.165, 1.54) is 6.08 Å². The van der Waals surface area contributed by atoms with E-state index in [4.69, 9.17) is 0 Å². The molecule has 4 rings (SSSR count). The first-order valence-electron chi connectivity index (χ1n) is 9.06. The molecule has 28 heavy (non-hydrogen) atoms. The van der Waals surface area contributed by atoms with Crippen LogP contribution in [0.2, 0.25) is 0 Å². The molecule has 0 bridgehead atoms. The average molecular weight is 372 g/mol. The Hall–Kier alpha value is -3.51. The van der Waals surface area contributed by atoms with Crippen LogP contribution in [-0.4, -0.2) is 26.1 Å². The highest BCUT2D eigenvalue weighted by Gasteiger charge is 2.35. The Kier molecular flexibility index (Phi) is 5.12. The molecule has 140 valence electrons. The summed E-state index contributed by atoms with van der Waals surface area (Å²) in [5, 5.41) is 22.3.